The number of benzene rings is 1. The number of hydrogen-bond acceptors (Lipinski definition) is 2. The highest BCUT2D eigenvalue weighted by Crippen LogP contribution is 2.18. The maximum Gasteiger partial charge on any atom is 0.468 e. The third-order valence-electron chi connectivity index (χ3n) is 1.73. The largest absolute Gasteiger partial charge is 0.468 e. The van der Waals surface area contributed by atoms with Gasteiger partial charge in [0.25, 0.3) is 0 Å². The summed E-state index contributed by atoms with van der Waals surface area (Å²) < 4.78 is 25.0. The minimum Gasteiger partial charge on any atom is -0.206 e. The summed E-state index contributed by atoms with van der Waals surface area (Å²) in [6, 6.07) is 4.90. The second-order valence-electron chi connectivity index (χ2n) is 2.84. The lowest BCUT2D eigenvalue weighted by Gasteiger charge is -1.98. The summed E-state index contributed by atoms with van der Waals surface area (Å²) in [6.07, 6.45) is 0. The van der Waals surface area contributed by atoms with Crippen LogP contribution in [-0.2, 0) is 10.0 Å². The van der Waals surface area contributed by atoms with Gasteiger partial charge < -0.3 is 0 Å². The summed E-state index contributed by atoms with van der Waals surface area (Å²) in [5.74, 6) is 0. The van der Waals surface area contributed by atoms with Crippen molar-refractivity contribution in [1.82, 2.24) is 0 Å². The van der Waals surface area contributed by atoms with Gasteiger partial charge in [0.1, 0.15) is 4.90 Å². The van der Waals surface area contributed by atoms with E-state index in [1.165, 1.54) is 6.07 Å². The molecule has 0 atom stereocenters. The summed E-state index contributed by atoms with van der Waals surface area (Å²) in [4.78, 5) is 0.105. The molecule has 1 aromatic carbocycles. The van der Waals surface area contributed by atoms with Crippen molar-refractivity contribution in [2.75, 3.05) is 0 Å². The fraction of sp³-hybridized carbons (Fsp3) is 0.222. The van der Waals surface area contributed by atoms with Crippen LogP contribution in [0.25, 0.3) is 4.25 Å². The zero-order valence-electron chi connectivity index (χ0n) is 7.40. The molecule has 4 heteroatoms. The van der Waals surface area contributed by atoms with Gasteiger partial charge in [0.05, 0.1) is 0 Å². The van der Waals surface area contributed by atoms with Crippen LogP contribution in [0.2, 0.25) is 0 Å². The number of aryl methyl sites for hydroxylation is 2. The molecule has 0 fully saturated rings. The summed E-state index contributed by atoms with van der Waals surface area (Å²) >= 11 is 0. The SMILES string of the molecule is [C-]#[N+]S(=O)(=O)c1ccc(C)cc1C. The summed E-state index contributed by atoms with van der Waals surface area (Å²) in [6.45, 7) is 10.1. The number of rotatable bonds is 1. The minimum absolute atomic E-state index is 0.105. The molecule has 0 amide bonds. The Hall–Kier alpha value is -1.34. The van der Waals surface area contributed by atoms with Crippen molar-refractivity contribution >= 4 is 10.0 Å². The molecule has 13 heavy (non-hydrogen) atoms. The Morgan fingerprint density at radius 1 is 1.31 bits per heavy atom. The van der Waals surface area contributed by atoms with Gasteiger partial charge in [0.15, 0.2) is 0 Å². The zero-order valence-corrected chi connectivity index (χ0v) is 8.22. The quantitative estimate of drug-likeness (QED) is 0.642. The second kappa shape index (κ2) is 3.19. The number of sulfonamides is 1. The van der Waals surface area contributed by atoms with Crippen LogP contribution in [0, 0.1) is 20.4 Å². The van der Waals surface area contributed by atoms with E-state index < -0.39 is 10.0 Å². The van der Waals surface area contributed by atoms with E-state index in [1.807, 2.05) is 6.92 Å². The monoisotopic (exact) mass is 195 g/mol. The third kappa shape index (κ3) is 1.87. The van der Waals surface area contributed by atoms with Crippen molar-refractivity contribution in [2.45, 2.75) is 18.7 Å². The van der Waals surface area contributed by atoms with Gasteiger partial charge in [-0.3, -0.25) is 0 Å². The van der Waals surface area contributed by atoms with Gasteiger partial charge in [0.2, 0.25) is 0 Å². The van der Waals surface area contributed by atoms with Gasteiger partial charge in [-0.15, -0.1) is 8.42 Å². The normalized spacial score (nSPS) is 10.8. The molecule has 0 aliphatic heterocycles. The molecule has 1 rings (SSSR count). The Morgan fingerprint density at radius 3 is 2.38 bits per heavy atom. The van der Waals surface area contributed by atoms with Crippen molar-refractivity contribution in [2.24, 2.45) is 0 Å². The fourth-order valence-electron chi connectivity index (χ4n) is 1.14. The van der Waals surface area contributed by atoms with E-state index in [2.05, 4.69) is 4.25 Å². The third-order valence-corrected chi connectivity index (χ3v) is 2.98. The molecule has 0 aliphatic rings. The molecule has 0 heterocycles. The lowest BCUT2D eigenvalue weighted by molar-refractivity contribution is 0.603. The molecule has 3 nitrogen and oxygen atoms in total. The first-order valence-corrected chi connectivity index (χ1v) is 5.12. The molecule has 0 spiro atoms. The maximum atomic E-state index is 11.2. The molecule has 0 saturated heterocycles. The lowest BCUT2D eigenvalue weighted by atomic mass is 10.2. The summed E-state index contributed by atoms with van der Waals surface area (Å²) in [5, 5.41) is 0. The molecule has 0 saturated carbocycles. The Morgan fingerprint density at radius 2 is 1.92 bits per heavy atom. The first kappa shape index (κ1) is 9.75. The average Bonchev–Trinajstić information content (AvgIpc) is 2.03. The highest BCUT2D eigenvalue weighted by Gasteiger charge is 2.20. The van der Waals surface area contributed by atoms with Crippen molar-refractivity contribution in [3.63, 3.8) is 0 Å². The molecule has 0 aliphatic carbocycles. The van der Waals surface area contributed by atoms with Crippen molar-refractivity contribution in [3.8, 4) is 0 Å². The van der Waals surface area contributed by atoms with Crippen LogP contribution in [0.15, 0.2) is 23.1 Å². The molecule has 0 bridgehead atoms. The topological polar surface area (TPSA) is 38.5 Å². The van der Waals surface area contributed by atoms with E-state index in [1.54, 1.807) is 19.1 Å². The van der Waals surface area contributed by atoms with E-state index in [-0.39, 0.29) is 4.90 Å². The molecule has 0 N–H and O–H groups in total. The Balaban J connectivity index is 3.44. The van der Waals surface area contributed by atoms with Crippen LogP contribution < -0.4 is 0 Å². The van der Waals surface area contributed by atoms with Gasteiger partial charge in [-0.2, -0.15) is 4.25 Å². The van der Waals surface area contributed by atoms with Crippen LogP contribution in [-0.4, -0.2) is 8.42 Å². The highest BCUT2D eigenvalue weighted by molar-refractivity contribution is 7.93. The molecule has 0 radical (unpaired) electrons. The van der Waals surface area contributed by atoms with Gasteiger partial charge >= 0.3 is 10.0 Å². The van der Waals surface area contributed by atoms with Crippen LogP contribution in [0.4, 0.5) is 0 Å². The van der Waals surface area contributed by atoms with Crippen LogP contribution in [0.5, 0.6) is 0 Å². The van der Waals surface area contributed by atoms with Gasteiger partial charge in [-0.1, -0.05) is 17.7 Å². The number of hydrogen-bond donors (Lipinski definition) is 0. The van der Waals surface area contributed by atoms with Gasteiger partial charge in [-0.05, 0) is 25.5 Å². The first-order chi connectivity index (χ1) is 5.97. The minimum atomic E-state index is -3.75. The molecule has 0 unspecified atom stereocenters. The van der Waals surface area contributed by atoms with E-state index in [9.17, 15) is 8.42 Å². The second-order valence-corrected chi connectivity index (χ2v) is 4.41. The molecule has 0 aromatic heterocycles. The smallest absolute Gasteiger partial charge is 0.206 e. The van der Waals surface area contributed by atoms with E-state index in [4.69, 9.17) is 6.57 Å². The van der Waals surface area contributed by atoms with E-state index in [0.29, 0.717) is 5.56 Å². The Labute approximate surface area is 77.9 Å². The fourth-order valence-corrected chi connectivity index (χ4v) is 1.94. The summed E-state index contributed by atoms with van der Waals surface area (Å²) in [5.41, 5.74) is 1.61. The zero-order chi connectivity index (χ0) is 10.1. The van der Waals surface area contributed by atoms with Crippen LogP contribution in [0.1, 0.15) is 11.1 Å². The molecule has 68 valence electrons. The predicted molar refractivity (Wildman–Crippen MR) is 49.7 cm³/mol. The maximum absolute atomic E-state index is 11.2. The molecular weight excluding hydrogens is 186 g/mol. The predicted octanol–water partition coefficient (Wildman–Crippen LogP) is 1.91. The Bertz CT molecular complexity index is 469. The number of nitrogens with zero attached hydrogens (tertiary/aromatic N) is 1. The van der Waals surface area contributed by atoms with Crippen molar-refractivity contribution in [1.29, 1.82) is 0 Å². The van der Waals surface area contributed by atoms with Gasteiger partial charge in [-0.25, -0.2) is 6.57 Å². The van der Waals surface area contributed by atoms with Crippen molar-refractivity contribution < 1.29 is 8.42 Å². The van der Waals surface area contributed by atoms with E-state index in [0.717, 1.165) is 5.56 Å². The van der Waals surface area contributed by atoms with Crippen LogP contribution in [0.3, 0.4) is 0 Å². The molecule has 1 aromatic rings. The summed E-state index contributed by atoms with van der Waals surface area (Å²) in [7, 11) is -3.75. The average molecular weight is 195 g/mol. The standard InChI is InChI=1S/C9H9NO2S/c1-7-4-5-9(8(2)6-7)13(11,12)10-3/h4-6H,1-2H3. The highest BCUT2D eigenvalue weighted by atomic mass is 32.2. The molecular formula is C9H9NO2S. The lowest BCUT2D eigenvalue weighted by Crippen LogP contribution is -1.97. The van der Waals surface area contributed by atoms with Crippen LogP contribution >= 0.6 is 0 Å². The first-order valence-electron chi connectivity index (χ1n) is 3.68. The Kier molecular flexibility index (Phi) is 2.39. The van der Waals surface area contributed by atoms with E-state index >= 15 is 0 Å². The van der Waals surface area contributed by atoms with Gasteiger partial charge in [0, 0.05) is 0 Å². The van der Waals surface area contributed by atoms with Crippen molar-refractivity contribution in [3.05, 3.63) is 40.1 Å².